The lowest BCUT2D eigenvalue weighted by molar-refractivity contribution is 0.0877. The first kappa shape index (κ1) is 10.3. The molecule has 0 saturated carbocycles. The van der Waals surface area contributed by atoms with E-state index in [1.807, 2.05) is 26.0 Å². The first-order valence-corrected chi connectivity index (χ1v) is 5.25. The third-order valence-corrected chi connectivity index (χ3v) is 2.77. The number of hydrogen-bond acceptors (Lipinski definition) is 3. The number of carbonyl (C=O) groups is 1. The maximum atomic E-state index is 12.0. The molecule has 2 atom stereocenters. The number of carbonyl (C=O) groups excluding carboxylic acids is 1. The number of aryl methyl sites for hydroxylation is 1. The molecule has 1 fully saturated rings. The molecule has 1 aliphatic rings. The van der Waals surface area contributed by atoms with E-state index in [-0.39, 0.29) is 17.8 Å². The Hall–Kier alpha value is -1.22. The summed E-state index contributed by atoms with van der Waals surface area (Å²) in [6.07, 6.45) is 2.69. The Labute approximate surface area is 89.5 Å². The minimum atomic E-state index is 0.0181. The normalized spacial score (nSPS) is 25.5. The Morgan fingerprint density at radius 3 is 2.87 bits per heavy atom. The summed E-state index contributed by atoms with van der Waals surface area (Å²) in [7, 11) is 0. The number of aromatic nitrogens is 1. The van der Waals surface area contributed by atoms with Crippen LogP contribution in [0.4, 0.5) is 0 Å². The zero-order valence-corrected chi connectivity index (χ0v) is 9.06. The van der Waals surface area contributed by atoms with Gasteiger partial charge in [0.25, 0.3) is 0 Å². The van der Waals surface area contributed by atoms with Gasteiger partial charge in [0, 0.05) is 23.4 Å². The maximum absolute atomic E-state index is 12.0. The smallest absolute Gasteiger partial charge is 0.169 e. The second-order valence-corrected chi connectivity index (χ2v) is 4.13. The summed E-state index contributed by atoms with van der Waals surface area (Å²) in [5.74, 6) is 0.177. The molecule has 0 spiro atoms. The molecule has 3 nitrogen and oxygen atoms in total. The molecule has 2 heterocycles. The lowest BCUT2D eigenvalue weighted by Gasteiger charge is -2.06. The Kier molecular flexibility index (Phi) is 2.82. The molecule has 1 aromatic heterocycles. The highest BCUT2D eigenvalue weighted by Crippen LogP contribution is 2.22. The molecule has 15 heavy (non-hydrogen) atoms. The molecule has 0 radical (unpaired) electrons. The molecule has 2 unspecified atom stereocenters. The lowest BCUT2D eigenvalue weighted by atomic mass is 9.96. The fourth-order valence-corrected chi connectivity index (χ4v) is 1.85. The maximum Gasteiger partial charge on any atom is 0.169 e. The van der Waals surface area contributed by atoms with Crippen molar-refractivity contribution < 1.29 is 9.53 Å². The van der Waals surface area contributed by atoms with Crippen LogP contribution in [0.25, 0.3) is 0 Å². The minimum absolute atomic E-state index is 0.0181. The van der Waals surface area contributed by atoms with Gasteiger partial charge in [0.2, 0.25) is 0 Å². The van der Waals surface area contributed by atoms with E-state index in [1.165, 1.54) is 0 Å². The molecule has 0 N–H and O–H groups in total. The first-order valence-electron chi connectivity index (χ1n) is 5.25. The average Bonchev–Trinajstić information content (AvgIpc) is 2.65. The Bertz CT molecular complexity index is 358. The molecule has 0 aromatic carbocycles. The number of hydrogen-bond donors (Lipinski definition) is 0. The van der Waals surface area contributed by atoms with Crippen LogP contribution < -0.4 is 0 Å². The highest BCUT2D eigenvalue weighted by atomic mass is 16.5. The van der Waals surface area contributed by atoms with Gasteiger partial charge in [0.05, 0.1) is 12.7 Å². The third kappa shape index (κ3) is 2.23. The fraction of sp³-hybridized carbons (Fsp3) is 0.500. The zero-order valence-electron chi connectivity index (χ0n) is 9.06. The predicted molar refractivity (Wildman–Crippen MR) is 56.8 cm³/mol. The van der Waals surface area contributed by atoms with Crippen LogP contribution in [0, 0.1) is 12.8 Å². The van der Waals surface area contributed by atoms with E-state index < -0.39 is 0 Å². The van der Waals surface area contributed by atoms with E-state index >= 15 is 0 Å². The van der Waals surface area contributed by atoms with Crippen molar-refractivity contribution in [2.45, 2.75) is 26.4 Å². The summed E-state index contributed by atoms with van der Waals surface area (Å²) in [5, 5.41) is 0. The predicted octanol–water partition coefficient (Wildman–Crippen LogP) is 2.00. The molecule has 0 aliphatic carbocycles. The summed E-state index contributed by atoms with van der Waals surface area (Å²) < 4.78 is 5.39. The minimum Gasteiger partial charge on any atom is -0.378 e. The Morgan fingerprint density at radius 1 is 1.53 bits per heavy atom. The van der Waals surface area contributed by atoms with Crippen molar-refractivity contribution in [3.8, 4) is 0 Å². The van der Waals surface area contributed by atoms with Gasteiger partial charge in [-0.2, -0.15) is 0 Å². The highest BCUT2D eigenvalue weighted by Gasteiger charge is 2.28. The van der Waals surface area contributed by atoms with Gasteiger partial charge in [-0.3, -0.25) is 9.78 Å². The van der Waals surface area contributed by atoms with Crippen LogP contribution in [0.15, 0.2) is 18.3 Å². The first-order chi connectivity index (χ1) is 7.16. The number of Topliss-reactive ketones (excluding diaryl/α,β-unsaturated/α-hetero) is 1. The van der Waals surface area contributed by atoms with Crippen molar-refractivity contribution >= 4 is 5.78 Å². The van der Waals surface area contributed by atoms with Gasteiger partial charge >= 0.3 is 0 Å². The third-order valence-electron chi connectivity index (χ3n) is 2.77. The van der Waals surface area contributed by atoms with Crippen LogP contribution in [0.1, 0.15) is 29.4 Å². The molecule has 80 valence electrons. The van der Waals surface area contributed by atoms with Crippen molar-refractivity contribution in [3.63, 3.8) is 0 Å². The molecular weight excluding hydrogens is 190 g/mol. The molecule has 0 bridgehead atoms. The van der Waals surface area contributed by atoms with Crippen molar-refractivity contribution in [2.24, 2.45) is 5.92 Å². The van der Waals surface area contributed by atoms with Crippen LogP contribution in [0.5, 0.6) is 0 Å². The van der Waals surface area contributed by atoms with Crippen molar-refractivity contribution in [2.75, 3.05) is 6.61 Å². The molecule has 1 aliphatic heterocycles. The SMILES string of the molecule is Cc1ccc(C(=O)C2COC(C)C2)cn1. The second kappa shape index (κ2) is 4.11. The number of ketones is 1. The van der Waals surface area contributed by atoms with Crippen LogP contribution >= 0.6 is 0 Å². The van der Waals surface area contributed by atoms with Gasteiger partial charge in [-0.15, -0.1) is 0 Å². The van der Waals surface area contributed by atoms with Gasteiger partial charge < -0.3 is 4.74 Å². The number of pyridine rings is 1. The van der Waals surface area contributed by atoms with Crippen LogP contribution in [-0.4, -0.2) is 23.5 Å². The van der Waals surface area contributed by atoms with Gasteiger partial charge in [0.15, 0.2) is 5.78 Å². The summed E-state index contributed by atoms with van der Waals surface area (Å²) in [6.45, 7) is 4.46. The molecule has 2 rings (SSSR count). The van der Waals surface area contributed by atoms with Crippen LogP contribution in [-0.2, 0) is 4.74 Å². The van der Waals surface area contributed by atoms with Crippen LogP contribution in [0.3, 0.4) is 0 Å². The molecule has 1 saturated heterocycles. The van der Waals surface area contributed by atoms with Crippen molar-refractivity contribution in [1.82, 2.24) is 4.98 Å². The van der Waals surface area contributed by atoms with Crippen LogP contribution in [0.2, 0.25) is 0 Å². The molecular formula is C12H15NO2. The summed E-state index contributed by atoms with van der Waals surface area (Å²) in [4.78, 5) is 16.1. The monoisotopic (exact) mass is 205 g/mol. The summed E-state index contributed by atoms with van der Waals surface area (Å²) >= 11 is 0. The Morgan fingerprint density at radius 2 is 2.33 bits per heavy atom. The van der Waals surface area contributed by atoms with Gasteiger partial charge in [-0.1, -0.05) is 0 Å². The number of ether oxygens (including phenoxy) is 1. The number of nitrogens with zero attached hydrogens (tertiary/aromatic N) is 1. The van der Waals surface area contributed by atoms with Gasteiger partial charge in [-0.05, 0) is 32.4 Å². The van der Waals surface area contributed by atoms with E-state index in [2.05, 4.69) is 4.98 Å². The summed E-state index contributed by atoms with van der Waals surface area (Å²) in [6, 6.07) is 3.71. The van der Waals surface area contributed by atoms with Gasteiger partial charge in [0.1, 0.15) is 0 Å². The summed E-state index contributed by atoms with van der Waals surface area (Å²) in [5.41, 5.74) is 1.63. The topological polar surface area (TPSA) is 39.2 Å². The zero-order chi connectivity index (χ0) is 10.8. The Balaban J connectivity index is 2.11. The molecule has 1 aromatic rings. The average molecular weight is 205 g/mol. The quantitative estimate of drug-likeness (QED) is 0.693. The fourth-order valence-electron chi connectivity index (χ4n) is 1.85. The van der Waals surface area contributed by atoms with E-state index in [9.17, 15) is 4.79 Å². The van der Waals surface area contributed by atoms with Crippen molar-refractivity contribution in [3.05, 3.63) is 29.6 Å². The van der Waals surface area contributed by atoms with E-state index in [0.29, 0.717) is 12.2 Å². The largest absolute Gasteiger partial charge is 0.378 e. The molecule has 0 amide bonds. The number of rotatable bonds is 2. The lowest BCUT2D eigenvalue weighted by Crippen LogP contribution is -2.15. The van der Waals surface area contributed by atoms with Crippen molar-refractivity contribution in [1.29, 1.82) is 0 Å². The highest BCUT2D eigenvalue weighted by molar-refractivity contribution is 5.97. The second-order valence-electron chi connectivity index (χ2n) is 4.13. The van der Waals surface area contributed by atoms with E-state index in [1.54, 1.807) is 6.20 Å². The van der Waals surface area contributed by atoms with E-state index in [4.69, 9.17) is 4.74 Å². The van der Waals surface area contributed by atoms with Gasteiger partial charge in [-0.25, -0.2) is 0 Å². The standard InChI is InChI=1S/C12H15NO2/c1-8-3-4-10(6-13-8)12(14)11-5-9(2)15-7-11/h3-4,6,9,11H,5,7H2,1-2H3. The van der Waals surface area contributed by atoms with E-state index in [0.717, 1.165) is 12.1 Å². The molecule has 3 heteroatoms.